The molecule has 3 aliphatic rings. The Labute approximate surface area is 213 Å². The Morgan fingerprint density at radius 2 is 1.83 bits per heavy atom. The first-order chi connectivity index (χ1) is 16.5. The average molecular weight is 543 g/mol. The predicted molar refractivity (Wildman–Crippen MR) is 137 cm³/mol. The maximum Gasteiger partial charge on any atom is 0.332 e. The molecule has 1 unspecified atom stereocenters. The second-order valence-corrected chi connectivity index (χ2v) is 17.8. The van der Waals surface area contributed by atoms with Crippen molar-refractivity contribution in [3.05, 3.63) is 43.7 Å². The number of aryl methyl sites for hydroxylation is 1. The summed E-state index contributed by atoms with van der Waals surface area (Å²) in [7, 11) is -5.29. The molecule has 0 aliphatic carbocycles. The van der Waals surface area contributed by atoms with Crippen molar-refractivity contribution >= 4 is 18.4 Å². The Morgan fingerprint density at radius 1 is 1.22 bits per heavy atom. The molecule has 0 aromatic carbocycles. The van der Waals surface area contributed by atoms with Gasteiger partial charge >= 0.3 is 5.69 Å². The van der Waals surface area contributed by atoms with E-state index in [1.54, 1.807) is 6.92 Å². The van der Waals surface area contributed by atoms with E-state index in [2.05, 4.69) is 25.7 Å². The molecule has 0 bridgehead atoms. The molecular formula is C23H38N4O7SSi. The summed E-state index contributed by atoms with van der Waals surface area (Å²) < 4.78 is 46.9. The van der Waals surface area contributed by atoms with Crippen molar-refractivity contribution in [1.29, 1.82) is 0 Å². The number of nitrogens with two attached hydrogens (primary N) is 1. The Balaban J connectivity index is 1.92. The molecule has 4 heterocycles. The molecule has 2 fully saturated rings. The standard InChI is InChI=1S/C23H38N4O7SSi/c1-15-12-27(21(29)25(5)19(15)28)20-18(33-36(6,7)22(2,3)4)23(16(24)14-35(30,31)34-23)17(32-20)13-26-10-8-9-11-26/h12,14,17-18,20H,8-11,13,24H2,1-7H3/t17-,18+,20-,23?/m1/s1. The smallest absolute Gasteiger partial charge is 0.332 e. The van der Waals surface area contributed by atoms with E-state index in [0.717, 1.165) is 35.9 Å². The number of hydrogen-bond donors (Lipinski definition) is 1. The molecule has 1 aromatic heterocycles. The maximum absolute atomic E-state index is 13.3. The van der Waals surface area contributed by atoms with E-state index >= 15 is 0 Å². The summed E-state index contributed by atoms with van der Waals surface area (Å²) in [5.74, 6) is 0. The first-order valence-electron chi connectivity index (χ1n) is 12.3. The lowest BCUT2D eigenvalue weighted by Gasteiger charge is -2.43. The third-order valence-corrected chi connectivity index (χ3v) is 13.6. The van der Waals surface area contributed by atoms with Gasteiger partial charge in [-0.2, -0.15) is 8.42 Å². The molecule has 2 N–H and O–H groups in total. The van der Waals surface area contributed by atoms with Crippen LogP contribution >= 0.6 is 0 Å². The molecular weight excluding hydrogens is 504 g/mol. The quantitative estimate of drug-likeness (QED) is 0.429. The Morgan fingerprint density at radius 3 is 2.36 bits per heavy atom. The van der Waals surface area contributed by atoms with Crippen molar-refractivity contribution in [2.24, 2.45) is 12.8 Å². The van der Waals surface area contributed by atoms with Crippen LogP contribution in [-0.4, -0.2) is 68.2 Å². The molecule has 0 amide bonds. The van der Waals surface area contributed by atoms with Crippen LogP contribution in [0, 0.1) is 6.92 Å². The maximum atomic E-state index is 13.3. The Hall–Kier alpha value is -1.77. The highest BCUT2D eigenvalue weighted by atomic mass is 32.2. The van der Waals surface area contributed by atoms with Crippen LogP contribution in [0.5, 0.6) is 0 Å². The van der Waals surface area contributed by atoms with Crippen LogP contribution in [0.25, 0.3) is 0 Å². The largest absolute Gasteiger partial charge is 0.406 e. The molecule has 4 rings (SSSR count). The van der Waals surface area contributed by atoms with Gasteiger partial charge in [0, 0.05) is 25.4 Å². The number of ether oxygens (including phenoxy) is 1. The highest BCUT2D eigenvalue weighted by molar-refractivity contribution is 7.90. The van der Waals surface area contributed by atoms with Crippen molar-refractivity contribution in [3.8, 4) is 0 Å². The van der Waals surface area contributed by atoms with Crippen molar-refractivity contribution in [1.82, 2.24) is 14.0 Å². The number of likely N-dealkylation sites (tertiary alicyclic amines) is 1. The molecule has 13 heteroatoms. The summed E-state index contributed by atoms with van der Waals surface area (Å²) in [4.78, 5) is 27.9. The normalized spacial score (nSPS) is 30.9. The minimum Gasteiger partial charge on any atom is -0.406 e. The fourth-order valence-electron chi connectivity index (χ4n) is 4.95. The van der Waals surface area contributed by atoms with Gasteiger partial charge in [0.2, 0.25) is 0 Å². The van der Waals surface area contributed by atoms with Crippen molar-refractivity contribution in [2.45, 2.75) is 82.7 Å². The molecule has 0 saturated carbocycles. The number of nitrogens with zero attached hydrogens (tertiary/aromatic N) is 3. The first kappa shape index (κ1) is 27.3. The monoisotopic (exact) mass is 542 g/mol. The Bertz CT molecular complexity index is 1290. The SMILES string of the molecule is Cc1cn([C@@H]2O[C@H](CN3CCCC3)C3(OS(=O)(=O)C=C3N)[C@H]2O[Si](C)(C)C(C)(C)C)c(=O)n(C)c1=O. The van der Waals surface area contributed by atoms with Crippen molar-refractivity contribution in [3.63, 3.8) is 0 Å². The van der Waals surface area contributed by atoms with Gasteiger partial charge in [0.05, 0.1) is 11.1 Å². The molecule has 1 aromatic rings. The van der Waals surface area contributed by atoms with E-state index in [0.29, 0.717) is 12.1 Å². The van der Waals surface area contributed by atoms with Gasteiger partial charge in [-0.3, -0.25) is 13.9 Å². The van der Waals surface area contributed by atoms with Crippen molar-refractivity contribution in [2.75, 3.05) is 19.6 Å². The average Bonchev–Trinajstić information content (AvgIpc) is 3.42. The zero-order valence-electron chi connectivity index (χ0n) is 22.1. The minimum absolute atomic E-state index is 0.00695. The van der Waals surface area contributed by atoms with E-state index in [4.69, 9.17) is 19.1 Å². The molecule has 3 aliphatic heterocycles. The molecule has 1 spiro atoms. The van der Waals surface area contributed by atoms with Crippen LogP contribution in [0.2, 0.25) is 18.1 Å². The van der Waals surface area contributed by atoms with Crippen LogP contribution in [-0.2, 0) is 30.5 Å². The third-order valence-electron chi connectivity index (χ3n) is 8.05. The second-order valence-electron chi connectivity index (χ2n) is 11.6. The van der Waals surface area contributed by atoms with Crippen LogP contribution in [0.1, 0.15) is 45.4 Å². The number of aromatic nitrogens is 2. The van der Waals surface area contributed by atoms with Crippen molar-refractivity contribution < 1.29 is 21.8 Å². The molecule has 2 saturated heterocycles. The summed E-state index contributed by atoms with van der Waals surface area (Å²) in [6, 6.07) is 0. The van der Waals surface area contributed by atoms with Crippen LogP contribution < -0.4 is 17.0 Å². The fourth-order valence-corrected chi connectivity index (χ4v) is 7.46. The van der Waals surface area contributed by atoms with Gasteiger partial charge in [-0.15, -0.1) is 0 Å². The highest BCUT2D eigenvalue weighted by Crippen LogP contribution is 2.51. The van der Waals surface area contributed by atoms with Crippen LogP contribution in [0.4, 0.5) is 0 Å². The first-order valence-corrected chi connectivity index (χ1v) is 16.7. The third kappa shape index (κ3) is 4.43. The van der Waals surface area contributed by atoms with Gasteiger partial charge in [0.15, 0.2) is 20.1 Å². The topological polar surface area (TPSA) is 135 Å². The lowest BCUT2D eigenvalue weighted by Crippen LogP contribution is -2.59. The lowest BCUT2D eigenvalue weighted by atomic mass is 9.89. The summed E-state index contributed by atoms with van der Waals surface area (Å²) in [6.45, 7) is 13.9. The van der Waals surface area contributed by atoms with E-state index in [9.17, 15) is 18.0 Å². The van der Waals surface area contributed by atoms with Gasteiger partial charge in [-0.1, -0.05) is 20.8 Å². The number of rotatable bonds is 5. The molecule has 0 radical (unpaired) electrons. The fraction of sp³-hybridized carbons (Fsp3) is 0.739. The van der Waals surface area contributed by atoms with E-state index in [1.807, 2.05) is 13.1 Å². The molecule has 11 nitrogen and oxygen atoms in total. The minimum atomic E-state index is -4.11. The van der Waals surface area contributed by atoms with E-state index in [-0.39, 0.29) is 10.7 Å². The zero-order chi connectivity index (χ0) is 26.8. The van der Waals surface area contributed by atoms with Gasteiger partial charge in [0.1, 0.15) is 12.2 Å². The Kier molecular flexibility index (Phi) is 6.75. The van der Waals surface area contributed by atoms with Crippen LogP contribution in [0.15, 0.2) is 26.9 Å². The van der Waals surface area contributed by atoms with Gasteiger partial charge in [-0.05, 0) is 51.0 Å². The van der Waals surface area contributed by atoms with Gasteiger partial charge < -0.3 is 19.8 Å². The summed E-state index contributed by atoms with van der Waals surface area (Å²) in [5, 5.41) is 0.679. The van der Waals surface area contributed by atoms with Gasteiger partial charge in [-0.25, -0.2) is 8.98 Å². The second kappa shape index (κ2) is 8.91. The summed E-state index contributed by atoms with van der Waals surface area (Å²) in [5.41, 5.74) is 4.12. The van der Waals surface area contributed by atoms with E-state index < -0.39 is 53.7 Å². The molecule has 36 heavy (non-hydrogen) atoms. The molecule has 4 atom stereocenters. The summed E-state index contributed by atoms with van der Waals surface area (Å²) in [6.07, 6.45) is 0.549. The predicted octanol–water partition coefficient (Wildman–Crippen LogP) is 1.14. The highest BCUT2D eigenvalue weighted by Gasteiger charge is 2.67. The van der Waals surface area contributed by atoms with Crippen LogP contribution in [0.3, 0.4) is 0 Å². The number of hydrogen-bond acceptors (Lipinski definition) is 9. The van der Waals surface area contributed by atoms with E-state index in [1.165, 1.54) is 17.8 Å². The zero-order valence-corrected chi connectivity index (χ0v) is 23.9. The molecule has 202 valence electrons. The van der Waals surface area contributed by atoms with Gasteiger partial charge in [0.25, 0.3) is 15.7 Å². The summed E-state index contributed by atoms with van der Waals surface area (Å²) >= 11 is 0. The lowest BCUT2D eigenvalue weighted by molar-refractivity contribution is -0.0479.